The third kappa shape index (κ3) is 2.95. The molecule has 2 aromatic rings. The molecule has 102 valence electrons. The number of hydrogen-bond acceptors (Lipinski definition) is 4. The Labute approximate surface area is 117 Å². The molecule has 1 aromatic heterocycles. The van der Waals surface area contributed by atoms with Crippen LogP contribution in [0.25, 0.3) is 11.0 Å². The second-order valence-corrected chi connectivity index (χ2v) is 5.34. The van der Waals surface area contributed by atoms with Crippen LogP contribution in [0.1, 0.15) is 18.1 Å². The van der Waals surface area contributed by atoms with Gasteiger partial charge in [-0.25, -0.2) is 4.79 Å². The van der Waals surface area contributed by atoms with Gasteiger partial charge in [-0.15, -0.1) is 0 Å². The summed E-state index contributed by atoms with van der Waals surface area (Å²) in [5, 5.41) is 0.997. The number of hydrogen-bond donors (Lipinski definition) is 0. The average Bonchev–Trinajstić information content (AvgIpc) is 2.41. The molecule has 0 aliphatic heterocycles. The molecule has 0 N–H and O–H groups in total. The molecule has 0 saturated carbocycles. The van der Waals surface area contributed by atoms with Crippen molar-refractivity contribution in [2.24, 2.45) is 0 Å². The topological polar surface area (TPSA) is 39.4 Å². The summed E-state index contributed by atoms with van der Waals surface area (Å²) in [6.45, 7) is 4.62. The Morgan fingerprint density at radius 3 is 2.84 bits per heavy atom. The minimum atomic E-state index is -0.297. The van der Waals surface area contributed by atoms with E-state index in [-0.39, 0.29) is 5.63 Å². The van der Waals surface area contributed by atoms with Gasteiger partial charge in [-0.3, -0.25) is 0 Å². The number of fused-ring (bicyclic) bond motifs is 1. The van der Waals surface area contributed by atoms with E-state index in [2.05, 4.69) is 0 Å². The normalized spacial score (nSPS) is 10.9. The van der Waals surface area contributed by atoms with E-state index in [0.717, 1.165) is 34.4 Å². The maximum Gasteiger partial charge on any atom is 0.336 e. The van der Waals surface area contributed by atoms with Gasteiger partial charge in [0.05, 0.1) is 6.61 Å². The molecule has 0 aliphatic rings. The van der Waals surface area contributed by atoms with Crippen molar-refractivity contribution in [3.63, 3.8) is 0 Å². The van der Waals surface area contributed by atoms with Gasteiger partial charge in [-0.05, 0) is 37.3 Å². The van der Waals surface area contributed by atoms with Gasteiger partial charge in [0.2, 0.25) is 0 Å². The van der Waals surface area contributed by atoms with Crippen molar-refractivity contribution in [1.29, 1.82) is 0 Å². The fraction of sp³-hybridized carbons (Fsp3) is 0.400. The molecule has 0 aliphatic carbocycles. The van der Waals surface area contributed by atoms with Crippen molar-refractivity contribution in [1.82, 2.24) is 0 Å². The lowest BCUT2D eigenvalue weighted by Gasteiger charge is -2.11. The Balaban J connectivity index is 2.49. The van der Waals surface area contributed by atoms with Crippen molar-refractivity contribution in [3.05, 3.63) is 39.7 Å². The minimum Gasteiger partial charge on any atom is -0.492 e. The monoisotopic (exact) mass is 278 g/mol. The fourth-order valence-electron chi connectivity index (χ4n) is 2.09. The van der Waals surface area contributed by atoms with E-state index in [4.69, 9.17) is 9.15 Å². The highest BCUT2D eigenvalue weighted by Gasteiger charge is 2.10. The third-order valence-electron chi connectivity index (χ3n) is 3.12. The summed E-state index contributed by atoms with van der Waals surface area (Å²) in [4.78, 5) is 11.6. The van der Waals surface area contributed by atoms with E-state index in [1.54, 1.807) is 17.8 Å². The van der Waals surface area contributed by atoms with E-state index in [1.165, 1.54) is 0 Å². The van der Waals surface area contributed by atoms with Gasteiger partial charge in [0.25, 0.3) is 0 Å². The van der Waals surface area contributed by atoms with Crippen LogP contribution >= 0.6 is 11.8 Å². The van der Waals surface area contributed by atoms with E-state index in [1.807, 2.05) is 32.2 Å². The van der Waals surface area contributed by atoms with Crippen molar-refractivity contribution >= 4 is 22.7 Å². The zero-order chi connectivity index (χ0) is 13.8. The predicted molar refractivity (Wildman–Crippen MR) is 80.5 cm³/mol. The number of benzene rings is 1. The standard InChI is InChI=1S/C15H18O3S/c1-4-11-9-14(16)18-15-10(2)13(6-5-12(11)15)17-7-8-19-3/h5-6,9H,4,7-8H2,1-3H3. The minimum absolute atomic E-state index is 0.297. The van der Waals surface area contributed by atoms with Gasteiger partial charge in [0.15, 0.2) is 0 Å². The molecule has 0 spiro atoms. The Kier molecular flexibility index (Phi) is 4.53. The van der Waals surface area contributed by atoms with Crippen molar-refractivity contribution in [2.45, 2.75) is 20.3 Å². The van der Waals surface area contributed by atoms with Crippen molar-refractivity contribution in [2.75, 3.05) is 18.6 Å². The lowest BCUT2D eigenvalue weighted by atomic mass is 10.0. The largest absolute Gasteiger partial charge is 0.492 e. The van der Waals surface area contributed by atoms with Crippen LogP contribution in [0.15, 0.2) is 27.4 Å². The smallest absolute Gasteiger partial charge is 0.336 e. The van der Waals surface area contributed by atoms with E-state index in [9.17, 15) is 4.79 Å². The molecule has 2 rings (SSSR count). The molecule has 0 unspecified atom stereocenters. The van der Waals surface area contributed by atoms with Gasteiger partial charge in [-0.1, -0.05) is 6.92 Å². The van der Waals surface area contributed by atoms with Crippen LogP contribution in [0.2, 0.25) is 0 Å². The summed E-state index contributed by atoms with van der Waals surface area (Å²) in [7, 11) is 0. The quantitative estimate of drug-likeness (QED) is 0.620. The third-order valence-corrected chi connectivity index (χ3v) is 3.70. The van der Waals surface area contributed by atoms with Crippen LogP contribution < -0.4 is 10.4 Å². The molecule has 4 heteroatoms. The van der Waals surface area contributed by atoms with Crippen molar-refractivity contribution < 1.29 is 9.15 Å². The average molecular weight is 278 g/mol. The highest BCUT2D eigenvalue weighted by molar-refractivity contribution is 7.98. The van der Waals surface area contributed by atoms with Crippen LogP contribution in [-0.2, 0) is 6.42 Å². The number of thioether (sulfide) groups is 1. The Morgan fingerprint density at radius 1 is 1.37 bits per heavy atom. The lowest BCUT2D eigenvalue weighted by molar-refractivity contribution is 0.341. The predicted octanol–water partition coefficient (Wildman–Crippen LogP) is 3.41. The fourth-order valence-corrected chi connectivity index (χ4v) is 2.34. The highest BCUT2D eigenvalue weighted by atomic mass is 32.2. The maximum absolute atomic E-state index is 11.6. The molecule has 0 amide bonds. The summed E-state index contributed by atoms with van der Waals surface area (Å²) >= 11 is 1.74. The van der Waals surface area contributed by atoms with E-state index >= 15 is 0 Å². The van der Waals surface area contributed by atoms with Crippen LogP contribution in [0.5, 0.6) is 5.75 Å². The van der Waals surface area contributed by atoms with Gasteiger partial charge in [0, 0.05) is 22.8 Å². The Morgan fingerprint density at radius 2 is 2.16 bits per heavy atom. The second-order valence-electron chi connectivity index (χ2n) is 4.35. The number of rotatable bonds is 5. The summed E-state index contributed by atoms with van der Waals surface area (Å²) < 4.78 is 11.1. The van der Waals surface area contributed by atoms with Gasteiger partial charge in [-0.2, -0.15) is 11.8 Å². The maximum atomic E-state index is 11.6. The summed E-state index contributed by atoms with van der Waals surface area (Å²) in [5.41, 5.74) is 2.26. The molecule has 19 heavy (non-hydrogen) atoms. The van der Waals surface area contributed by atoms with E-state index < -0.39 is 0 Å². The SMILES string of the molecule is CCc1cc(=O)oc2c(C)c(OCCSC)ccc12. The Bertz CT molecular complexity index is 631. The highest BCUT2D eigenvalue weighted by Crippen LogP contribution is 2.28. The first-order chi connectivity index (χ1) is 9.17. The summed E-state index contributed by atoms with van der Waals surface area (Å²) in [6.07, 6.45) is 2.86. The molecule has 0 radical (unpaired) electrons. The van der Waals surface area contributed by atoms with Gasteiger partial charge >= 0.3 is 5.63 Å². The first-order valence-electron chi connectivity index (χ1n) is 6.35. The lowest BCUT2D eigenvalue weighted by Crippen LogP contribution is -2.04. The van der Waals surface area contributed by atoms with Gasteiger partial charge in [0.1, 0.15) is 11.3 Å². The molecule has 0 atom stereocenters. The first kappa shape index (κ1) is 14.0. The first-order valence-corrected chi connectivity index (χ1v) is 7.74. The number of ether oxygens (including phenoxy) is 1. The molecule has 3 nitrogen and oxygen atoms in total. The van der Waals surface area contributed by atoms with Crippen LogP contribution in [0.4, 0.5) is 0 Å². The summed E-state index contributed by atoms with van der Waals surface area (Å²) in [6, 6.07) is 5.49. The van der Waals surface area contributed by atoms with Gasteiger partial charge < -0.3 is 9.15 Å². The zero-order valence-electron chi connectivity index (χ0n) is 11.5. The molecule has 0 fully saturated rings. The molecule has 1 heterocycles. The molecular weight excluding hydrogens is 260 g/mol. The second kappa shape index (κ2) is 6.15. The zero-order valence-corrected chi connectivity index (χ0v) is 12.3. The molecule has 0 saturated heterocycles. The molecule has 1 aromatic carbocycles. The van der Waals surface area contributed by atoms with E-state index in [0.29, 0.717) is 12.2 Å². The number of aryl methyl sites for hydroxylation is 2. The molecule has 0 bridgehead atoms. The van der Waals surface area contributed by atoms with Crippen LogP contribution in [0.3, 0.4) is 0 Å². The molecular formula is C15H18O3S. The van der Waals surface area contributed by atoms with Crippen LogP contribution in [0, 0.1) is 6.92 Å². The van der Waals surface area contributed by atoms with Crippen LogP contribution in [-0.4, -0.2) is 18.6 Å². The van der Waals surface area contributed by atoms with Crippen molar-refractivity contribution in [3.8, 4) is 5.75 Å². The summed E-state index contributed by atoms with van der Waals surface area (Å²) in [5.74, 6) is 1.73. The Hall–Kier alpha value is -1.42.